The number of fused-ring (bicyclic) bond motifs is 1. The van der Waals surface area contributed by atoms with Gasteiger partial charge in [-0.3, -0.25) is 14.6 Å². The van der Waals surface area contributed by atoms with E-state index in [1.807, 2.05) is 24.3 Å². The van der Waals surface area contributed by atoms with Gasteiger partial charge < -0.3 is 21.1 Å². The Labute approximate surface area is 198 Å². The minimum Gasteiger partial charge on any atom is -0.491 e. The molecule has 1 aromatic heterocycles. The molecule has 1 aliphatic heterocycles. The maximum Gasteiger partial charge on any atom is 0.255 e. The van der Waals surface area contributed by atoms with E-state index < -0.39 is 6.04 Å². The van der Waals surface area contributed by atoms with E-state index in [9.17, 15) is 9.59 Å². The maximum atomic E-state index is 12.5. The number of hydrogen-bond acceptors (Lipinski definition) is 5. The molecule has 4 N–H and O–H groups in total. The second kappa shape index (κ2) is 11.5. The van der Waals surface area contributed by atoms with E-state index in [1.54, 1.807) is 48.8 Å². The lowest BCUT2D eigenvalue weighted by atomic mass is 10.0. The molecule has 0 unspecified atom stereocenters. The first-order valence-electron chi connectivity index (χ1n) is 9.68. The lowest BCUT2D eigenvalue weighted by molar-refractivity contribution is -0.122. The van der Waals surface area contributed by atoms with Crippen molar-refractivity contribution >= 4 is 42.3 Å². The van der Waals surface area contributed by atoms with Gasteiger partial charge in [0.05, 0.1) is 6.04 Å². The van der Waals surface area contributed by atoms with Crippen LogP contribution in [0.5, 0.6) is 5.75 Å². The van der Waals surface area contributed by atoms with E-state index >= 15 is 0 Å². The number of aromatic nitrogens is 1. The number of hydrogen-bond donors (Lipinski definition) is 3. The third-order valence-corrected chi connectivity index (χ3v) is 4.98. The highest BCUT2D eigenvalue weighted by Crippen LogP contribution is 2.31. The van der Waals surface area contributed by atoms with Crippen LogP contribution in [0.2, 0.25) is 0 Å². The van der Waals surface area contributed by atoms with Gasteiger partial charge in [-0.2, -0.15) is 0 Å². The van der Waals surface area contributed by atoms with Gasteiger partial charge in [-0.25, -0.2) is 0 Å². The number of pyridine rings is 1. The Morgan fingerprint density at radius 1 is 1.03 bits per heavy atom. The van der Waals surface area contributed by atoms with Crippen molar-refractivity contribution in [1.29, 1.82) is 0 Å². The third kappa shape index (κ3) is 5.97. The summed E-state index contributed by atoms with van der Waals surface area (Å²) in [5.41, 5.74) is 9.15. The van der Waals surface area contributed by atoms with Gasteiger partial charge in [0.2, 0.25) is 5.91 Å². The molecular formula is C23H24Cl2N4O3. The van der Waals surface area contributed by atoms with Gasteiger partial charge in [0.25, 0.3) is 5.91 Å². The normalized spacial score (nSPS) is 14.6. The van der Waals surface area contributed by atoms with Crippen LogP contribution in [0.3, 0.4) is 0 Å². The maximum absolute atomic E-state index is 12.5. The van der Waals surface area contributed by atoms with Crippen molar-refractivity contribution in [1.82, 2.24) is 10.3 Å². The topological polar surface area (TPSA) is 106 Å². The fraction of sp³-hybridized carbons (Fsp3) is 0.174. The molecule has 2 amide bonds. The number of halogens is 2. The summed E-state index contributed by atoms with van der Waals surface area (Å²) < 4.78 is 5.59. The minimum absolute atomic E-state index is 0. The van der Waals surface area contributed by atoms with Crippen LogP contribution < -0.4 is 21.1 Å². The van der Waals surface area contributed by atoms with Crippen molar-refractivity contribution in [3.63, 3.8) is 0 Å². The van der Waals surface area contributed by atoms with Crippen molar-refractivity contribution in [3.05, 3.63) is 89.7 Å². The zero-order valence-corrected chi connectivity index (χ0v) is 18.7. The van der Waals surface area contributed by atoms with Gasteiger partial charge in [-0.15, -0.1) is 24.8 Å². The number of benzene rings is 2. The molecule has 2 atom stereocenters. The Hall–Kier alpha value is -3.13. The van der Waals surface area contributed by atoms with Crippen LogP contribution in [-0.4, -0.2) is 23.4 Å². The number of anilines is 1. The second-order valence-corrected chi connectivity index (χ2v) is 7.09. The number of carbonyl (C=O) groups is 2. The highest BCUT2D eigenvalue weighted by atomic mass is 35.5. The predicted molar refractivity (Wildman–Crippen MR) is 127 cm³/mol. The molecule has 2 heterocycles. The Morgan fingerprint density at radius 2 is 1.72 bits per heavy atom. The summed E-state index contributed by atoms with van der Waals surface area (Å²) in [6, 6.07) is 17.4. The largest absolute Gasteiger partial charge is 0.491 e. The standard InChI is InChI=1S/C23H22N4O3.2ClH/c24-19(13-22(28)27-20-14-30-21-4-2-1-3-18(20)21)15-5-7-16(8-6-15)23(29)26-17-9-11-25-12-10-17;;/h1-12,19-20H,13-14,24H2,(H,27,28)(H,25,26,29);2*1H/t19-,20+;;/m1../s1. The molecular weight excluding hydrogens is 451 g/mol. The molecule has 3 aromatic rings. The van der Waals surface area contributed by atoms with Gasteiger partial charge in [-0.05, 0) is 35.9 Å². The van der Waals surface area contributed by atoms with Crippen LogP contribution in [0.25, 0.3) is 0 Å². The average molecular weight is 475 g/mol. The van der Waals surface area contributed by atoms with Crippen LogP contribution in [0.1, 0.15) is 40.0 Å². The lowest BCUT2D eigenvalue weighted by Crippen LogP contribution is -2.31. The molecule has 32 heavy (non-hydrogen) atoms. The molecule has 9 heteroatoms. The molecule has 1 aliphatic rings. The average Bonchev–Trinajstić information content (AvgIpc) is 3.17. The van der Waals surface area contributed by atoms with E-state index in [0.717, 1.165) is 16.9 Å². The second-order valence-electron chi connectivity index (χ2n) is 7.09. The Balaban J connectivity index is 0.00000181. The third-order valence-electron chi connectivity index (χ3n) is 4.98. The summed E-state index contributed by atoms with van der Waals surface area (Å²) in [6.07, 6.45) is 3.36. The molecule has 0 saturated carbocycles. The van der Waals surface area contributed by atoms with Crippen LogP contribution in [-0.2, 0) is 4.79 Å². The molecule has 0 fully saturated rings. The van der Waals surface area contributed by atoms with Crippen molar-refractivity contribution in [2.24, 2.45) is 5.73 Å². The number of nitrogens with one attached hydrogen (secondary N) is 2. The van der Waals surface area contributed by atoms with Gasteiger partial charge in [0, 0.05) is 41.7 Å². The first-order chi connectivity index (χ1) is 14.6. The minimum atomic E-state index is -0.472. The molecule has 0 spiro atoms. The van der Waals surface area contributed by atoms with Crippen LogP contribution in [0, 0.1) is 0 Å². The van der Waals surface area contributed by atoms with Gasteiger partial charge in [0.15, 0.2) is 0 Å². The number of rotatable bonds is 6. The predicted octanol–water partition coefficient (Wildman–Crippen LogP) is 3.82. The molecule has 0 bridgehead atoms. The lowest BCUT2D eigenvalue weighted by Gasteiger charge is -2.16. The number of nitrogens with two attached hydrogens (primary N) is 1. The first kappa shape index (κ1) is 25.1. The van der Waals surface area contributed by atoms with E-state index in [-0.39, 0.29) is 49.1 Å². The van der Waals surface area contributed by atoms with Crippen LogP contribution in [0.15, 0.2) is 73.1 Å². The van der Waals surface area contributed by atoms with Crippen molar-refractivity contribution in [2.75, 3.05) is 11.9 Å². The zero-order valence-electron chi connectivity index (χ0n) is 17.1. The molecule has 2 aromatic carbocycles. The quantitative estimate of drug-likeness (QED) is 0.503. The summed E-state index contributed by atoms with van der Waals surface area (Å²) in [4.78, 5) is 28.7. The summed E-state index contributed by atoms with van der Waals surface area (Å²) in [5, 5.41) is 5.78. The Morgan fingerprint density at radius 3 is 2.44 bits per heavy atom. The molecule has 0 saturated heterocycles. The number of ether oxygens (including phenoxy) is 1. The molecule has 0 aliphatic carbocycles. The summed E-state index contributed by atoms with van der Waals surface area (Å²) >= 11 is 0. The Bertz CT molecular complexity index is 1050. The summed E-state index contributed by atoms with van der Waals surface area (Å²) in [7, 11) is 0. The molecule has 168 valence electrons. The SMILES string of the molecule is Cl.Cl.N[C@H](CC(=O)N[C@H]1COc2ccccc21)c1ccc(C(=O)Nc2ccncc2)cc1. The van der Waals surface area contributed by atoms with E-state index in [0.29, 0.717) is 17.9 Å². The highest BCUT2D eigenvalue weighted by Gasteiger charge is 2.25. The number of carbonyl (C=O) groups excluding carboxylic acids is 2. The number of para-hydroxylation sites is 1. The van der Waals surface area contributed by atoms with Crippen molar-refractivity contribution < 1.29 is 14.3 Å². The van der Waals surface area contributed by atoms with E-state index in [4.69, 9.17) is 10.5 Å². The van der Waals surface area contributed by atoms with Gasteiger partial charge in [0.1, 0.15) is 12.4 Å². The smallest absolute Gasteiger partial charge is 0.255 e. The van der Waals surface area contributed by atoms with Gasteiger partial charge >= 0.3 is 0 Å². The highest BCUT2D eigenvalue weighted by molar-refractivity contribution is 6.04. The number of amides is 2. The van der Waals surface area contributed by atoms with E-state index in [2.05, 4.69) is 15.6 Å². The van der Waals surface area contributed by atoms with Gasteiger partial charge in [-0.1, -0.05) is 30.3 Å². The molecule has 0 radical (unpaired) electrons. The fourth-order valence-electron chi connectivity index (χ4n) is 3.37. The van der Waals surface area contributed by atoms with E-state index in [1.165, 1.54) is 0 Å². The summed E-state index contributed by atoms with van der Waals surface area (Å²) in [6.45, 7) is 0.418. The first-order valence-corrected chi connectivity index (χ1v) is 9.68. The summed E-state index contributed by atoms with van der Waals surface area (Å²) in [5.74, 6) is 0.430. The van der Waals surface area contributed by atoms with Crippen LogP contribution in [0.4, 0.5) is 5.69 Å². The van der Waals surface area contributed by atoms with Crippen molar-refractivity contribution in [2.45, 2.75) is 18.5 Å². The van der Waals surface area contributed by atoms with Crippen LogP contribution >= 0.6 is 24.8 Å². The Kier molecular flexibility index (Phi) is 9.02. The zero-order chi connectivity index (χ0) is 20.9. The number of nitrogens with zero attached hydrogens (tertiary/aromatic N) is 1. The molecule has 4 rings (SSSR count). The monoisotopic (exact) mass is 474 g/mol. The van der Waals surface area contributed by atoms with Crippen molar-refractivity contribution in [3.8, 4) is 5.75 Å². The molecule has 7 nitrogen and oxygen atoms in total. The fourth-order valence-corrected chi connectivity index (χ4v) is 3.37.